The lowest BCUT2D eigenvalue weighted by Gasteiger charge is -2.32. The van der Waals surface area contributed by atoms with Crippen molar-refractivity contribution < 1.29 is 14.8 Å². The number of fused-ring (bicyclic) bond motifs is 1. The lowest BCUT2D eigenvalue weighted by Crippen LogP contribution is -2.38. The Bertz CT molecular complexity index is 806. The molecular formula is C15H16N4O4. The maximum atomic E-state index is 12.9. The Balaban J connectivity index is 3.04. The summed E-state index contributed by atoms with van der Waals surface area (Å²) in [7, 11) is 1.47. The number of nitrogens with two attached hydrogens (primary N) is 1. The second-order valence-electron chi connectivity index (χ2n) is 5.56. The number of ketones is 1. The highest BCUT2D eigenvalue weighted by Gasteiger charge is 2.46. The van der Waals surface area contributed by atoms with Gasteiger partial charge in [0, 0.05) is 18.2 Å². The van der Waals surface area contributed by atoms with Crippen LogP contribution in [0.3, 0.4) is 0 Å². The Labute approximate surface area is 132 Å². The molecule has 0 spiro atoms. The van der Waals surface area contributed by atoms with Crippen LogP contribution in [0.4, 0.5) is 5.69 Å². The van der Waals surface area contributed by atoms with Crippen LogP contribution in [0.1, 0.15) is 29.8 Å². The number of nitro benzene ring substituents is 1. The van der Waals surface area contributed by atoms with Crippen LogP contribution in [-0.4, -0.2) is 35.4 Å². The van der Waals surface area contributed by atoms with Crippen molar-refractivity contribution in [2.24, 2.45) is 21.1 Å². The van der Waals surface area contributed by atoms with Crippen LogP contribution >= 0.6 is 0 Å². The minimum Gasteiger partial charge on any atom is -0.502 e. The number of nitrogens with zero attached hydrogens (tertiary/aromatic N) is 3. The van der Waals surface area contributed by atoms with Gasteiger partial charge in [0.2, 0.25) is 0 Å². The van der Waals surface area contributed by atoms with Crippen LogP contribution in [0.15, 0.2) is 27.7 Å². The van der Waals surface area contributed by atoms with Gasteiger partial charge in [-0.15, -0.1) is 0 Å². The smallest absolute Gasteiger partial charge is 0.322 e. The van der Waals surface area contributed by atoms with Crippen molar-refractivity contribution in [2.75, 3.05) is 7.05 Å². The van der Waals surface area contributed by atoms with Gasteiger partial charge in [0.1, 0.15) is 11.4 Å². The molecule has 1 aliphatic carbocycles. The fourth-order valence-corrected chi connectivity index (χ4v) is 2.77. The zero-order chi connectivity index (χ0) is 17.5. The molecule has 0 aliphatic heterocycles. The van der Waals surface area contributed by atoms with Gasteiger partial charge in [-0.2, -0.15) is 0 Å². The van der Waals surface area contributed by atoms with E-state index in [1.807, 2.05) is 0 Å². The quantitative estimate of drug-likeness (QED) is 0.380. The van der Waals surface area contributed by atoms with Gasteiger partial charge >= 0.3 is 5.69 Å². The summed E-state index contributed by atoms with van der Waals surface area (Å²) in [6, 6.07) is 2.53. The van der Waals surface area contributed by atoms with Crippen molar-refractivity contribution in [2.45, 2.75) is 13.8 Å². The third kappa shape index (κ3) is 2.19. The average molecular weight is 316 g/mol. The predicted octanol–water partition coefficient (Wildman–Crippen LogP) is 1.92. The van der Waals surface area contributed by atoms with Gasteiger partial charge in [-0.3, -0.25) is 24.9 Å². The van der Waals surface area contributed by atoms with Gasteiger partial charge in [0.15, 0.2) is 11.5 Å². The summed E-state index contributed by atoms with van der Waals surface area (Å²) in [5, 5.41) is 21.1. The summed E-state index contributed by atoms with van der Waals surface area (Å²) in [4.78, 5) is 31.2. The minimum absolute atomic E-state index is 0.104. The predicted molar refractivity (Wildman–Crippen MR) is 86.9 cm³/mol. The Morgan fingerprint density at radius 3 is 2.52 bits per heavy atom. The van der Waals surface area contributed by atoms with E-state index in [0.29, 0.717) is 5.57 Å². The summed E-state index contributed by atoms with van der Waals surface area (Å²) in [5.41, 5.74) is 4.66. The second-order valence-corrected chi connectivity index (χ2v) is 5.56. The summed E-state index contributed by atoms with van der Waals surface area (Å²) in [6.45, 7) is 6.62. The molecule has 0 unspecified atom stereocenters. The molecule has 0 saturated carbocycles. The molecule has 0 amide bonds. The number of aromatic hydroxyl groups is 1. The van der Waals surface area contributed by atoms with Gasteiger partial charge in [0.25, 0.3) is 0 Å². The third-order valence-electron chi connectivity index (χ3n) is 3.91. The number of Topliss-reactive ketones (excluding diaryl/α,β-unsaturated/α-hetero) is 1. The Morgan fingerprint density at radius 2 is 2.04 bits per heavy atom. The maximum Gasteiger partial charge on any atom is 0.322 e. The third-order valence-corrected chi connectivity index (χ3v) is 3.91. The molecule has 0 radical (unpaired) electrons. The maximum absolute atomic E-state index is 12.9. The summed E-state index contributed by atoms with van der Waals surface area (Å²) < 4.78 is 0. The number of carbonyl (C=O) groups is 1. The summed E-state index contributed by atoms with van der Waals surface area (Å²) >= 11 is 0. The lowest BCUT2D eigenvalue weighted by atomic mass is 9.69. The monoisotopic (exact) mass is 316 g/mol. The van der Waals surface area contributed by atoms with E-state index in [0.717, 1.165) is 6.07 Å². The van der Waals surface area contributed by atoms with E-state index in [4.69, 9.17) is 5.73 Å². The van der Waals surface area contributed by atoms with E-state index in [1.165, 1.54) is 13.1 Å². The number of aliphatic imine (C=N–C) groups is 2. The number of nitro groups is 1. The number of hydrogen-bond acceptors (Lipinski definition) is 6. The Kier molecular flexibility index (Phi) is 3.77. The van der Waals surface area contributed by atoms with Crippen molar-refractivity contribution in [3.8, 4) is 5.75 Å². The highest BCUT2D eigenvalue weighted by molar-refractivity contribution is 6.21. The second kappa shape index (κ2) is 5.31. The minimum atomic E-state index is -1.20. The molecule has 1 aliphatic rings. The van der Waals surface area contributed by atoms with Gasteiger partial charge in [0.05, 0.1) is 16.0 Å². The molecule has 0 atom stereocenters. The number of hydrogen-bond donors (Lipinski definition) is 2. The van der Waals surface area contributed by atoms with E-state index >= 15 is 0 Å². The fourth-order valence-electron chi connectivity index (χ4n) is 2.77. The highest BCUT2D eigenvalue weighted by Crippen LogP contribution is 2.47. The highest BCUT2D eigenvalue weighted by atomic mass is 16.6. The largest absolute Gasteiger partial charge is 0.502 e. The molecule has 2 rings (SSSR count). The fraction of sp³-hybridized carbons (Fsp3) is 0.267. The first-order valence-electron chi connectivity index (χ1n) is 6.68. The molecule has 23 heavy (non-hydrogen) atoms. The van der Waals surface area contributed by atoms with Crippen LogP contribution in [0, 0.1) is 15.5 Å². The molecule has 0 bridgehead atoms. The van der Waals surface area contributed by atoms with Gasteiger partial charge in [-0.25, -0.2) is 0 Å². The van der Waals surface area contributed by atoms with Crippen LogP contribution in [0.25, 0.3) is 5.70 Å². The van der Waals surface area contributed by atoms with Crippen molar-refractivity contribution in [3.05, 3.63) is 38.9 Å². The number of phenols is 1. The molecule has 0 saturated heterocycles. The molecule has 0 fully saturated rings. The average Bonchev–Trinajstić information content (AvgIpc) is 2.49. The lowest BCUT2D eigenvalue weighted by molar-refractivity contribution is -0.386. The topological polar surface area (TPSA) is 131 Å². The van der Waals surface area contributed by atoms with Crippen LogP contribution in [0.5, 0.6) is 5.75 Å². The van der Waals surface area contributed by atoms with Gasteiger partial charge in [-0.1, -0.05) is 0 Å². The summed E-state index contributed by atoms with van der Waals surface area (Å²) in [5.74, 6) is -1.02. The number of amidine groups is 1. The van der Waals surface area contributed by atoms with Crippen molar-refractivity contribution in [3.63, 3.8) is 0 Å². The first kappa shape index (κ1) is 16.3. The molecule has 3 N–H and O–H groups in total. The number of phenolic OH excluding ortho intramolecular Hbond substituents is 1. The molecule has 8 heteroatoms. The first-order valence-corrected chi connectivity index (χ1v) is 6.68. The standard InChI is InChI=1S/C15H16N4O4/c1-15(2)10(14(16)18-4)11(17-3)7-5-6-8(20)12(19(22)23)9(7)13(15)21/h5-6,20H,3H2,1-2,4H3,(H2,16,18). The molecule has 8 nitrogen and oxygen atoms in total. The van der Waals surface area contributed by atoms with Gasteiger partial charge in [-0.05, 0) is 32.7 Å². The Morgan fingerprint density at radius 1 is 1.43 bits per heavy atom. The van der Waals surface area contributed by atoms with E-state index in [9.17, 15) is 20.0 Å². The van der Waals surface area contributed by atoms with Crippen LogP contribution < -0.4 is 5.73 Å². The van der Waals surface area contributed by atoms with Crippen molar-refractivity contribution >= 4 is 29.7 Å². The van der Waals surface area contributed by atoms with Gasteiger partial charge < -0.3 is 10.8 Å². The molecule has 1 aromatic carbocycles. The van der Waals surface area contributed by atoms with Crippen molar-refractivity contribution in [1.82, 2.24) is 0 Å². The number of benzene rings is 1. The SMILES string of the molecule is C=NC1=C(C(N)=NC)C(C)(C)C(=O)c2c1ccc(O)c2[N+](=O)[O-]. The van der Waals surface area contributed by atoms with E-state index < -0.39 is 27.6 Å². The van der Waals surface area contributed by atoms with Crippen molar-refractivity contribution in [1.29, 1.82) is 0 Å². The Hall–Kier alpha value is -3.03. The molecule has 0 aromatic heterocycles. The van der Waals surface area contributed by atoms with Crippen LogP contribution in [0.2, 0.25) is 0 Å². The zero-order valence-electron chi connectivity index (χ0n) is 13.0. The normalized spacial score (nSPS) is 17.0. The molecule has 1 aromatic rings. The van der Waals surface area contributed by atoms with Crippen LogP contribution in [-0.2, 0) is 0 Å². The van der Waals surface area contributed by atoms with E-state index in [2.05, 4.69) is 16.7 Å². The number of carbonyl (C=O) groups excluding carboxylic acids is 1. The molecule has 120 valence electrons. The molecule has 0 heterocycles. The van der Waals surface area contributed by atoms with E-state index in [1.54, 1.807) is 13.8 Å². The van der Waals surface area contributed by atoms with E-state index in [-0.39, 0.29) is 22.7 Å². The first-order chi connectivity index (χ1) is 10.7. The summed E-state index contributed by atoms with van der Waals surface area (Å²) in [6.07, 6.45) is 0. The molecular weight excluding hydrogens is 300 g/mol. The zero-order valence-corrected chi connectivity index (χ0v) is 13.0. The number of rotatable bonds is 3.